The molecule has 2 aliphatic rings. The summed E-state index contributed by atoms with van der Waals surface area (Å²) in [5, 5.41) is 3.33. The Labute approximate surface area is 122 Å². The van der Waals surface area contributed by atoms with Crippen molar-refractivity contribution in [3.05, 3.63) is 12.7 Å². The van der Waals surface area contributed by atoms with E-state index in [1.807, 2.05) is 13.1 Å². The van der Waals surface area contributed by atoms with Gasteiger partial charge in [0.2, 0.25) is 0 Å². The zero-order chi connectivity index (χ0) is 11.4. The maximum atomic E-state index is 4.35. The summed E-state index contributed by atoms with van der Waals surface area (Å²) in [6, 6.07) is 0. The molecule has 0 spiro atoms. The molecule has 1 N–H and O–H groups in total. The van der Waals surface area contributed by atoms with Gasteiger partial charge in [0.05, 0.1) is 0 Å². The van der Waals surface area contributed by atoms with Crippen LogP contribution in [0.3, 0.4) is 0 Å². The van der Waals surface area contributed by atoms with Crippen molar-refractivity contribution < 1.29 is 0 Å². The highest BCUT2D eigenvalue weighted by Gasteiger charge is 2.35. The number of hydrogen-bond donors (Lipinski definition) is 1. The van der Waals surface area contributed by atoms with Crippen molar-refractivity contribution in [2.75, 3.05) is 26.7 Å². The Kier molecular flexibility index (Phi) is 6.30. The summed E-state index contributed by atoms with van der Waals surface area (Å²) < 4.78 is 0. The van der Waals surface area contributed by atoms with Crippen molar-refractivity contribution in [1.29, 1.82) is 0 Å². The second-order valence-corrected chi connectivity index (χ2v) is 4.93. The second kappa shape index (κ2) is 7.24. The Morgan fingerprint density at radius 3 is 2.41 bits per heavy atom. The third-order valence-electron chi connectivity index (χ3n) is 3.89. The monoisotopic (exact) mass is 349 g/mol. The third kappa shape index (κ3) is 3.60. The van der Waals surface area contributed by atoms with Gasteiger partial charge in [-0.2, -0.15) is 0 Å². The molecule has 2 rings (SSSR count). The van der Waals surface area contributed by atoms with Gasteiger partial charge in [-0.05, 0) is 24.7 Å². The van der Waals surface area contributed by atoms with E-state index in [0.29, 0.717) is 0 Å². The Bertz CT molecular complexity index is 264. The van der Waals surface area contributed by atoms with Crippen LogP contribution in [0.15, 0.2) is 17.6 Å². The van der Waals surface area contributed by atoms with Crippen LogP contribution in [0.2, 0.25) is 0 Å². The Morgan fingerprint density at radius 2 is 1.94 bits per heavy atom. The molecule has 2 fully saturated rings. The number of fused-ring (bicyclic) bond motifs is 1. The van der Waals surface area contributed by atoms with Crippen molar-refractivity contribution in [1.82, 2.24) is 10.2 Å². The Morgan fingerprint density at radius 1 is 1.35 bits per heavy atom. The smallest absolute Gasteiger partial charge is 0.193 e. The van der Waals surface area contributed by atoms with Gasteiger partial charge in [0.1, 0.15) is 0 Å². The van der Waals surface area contributed by atoms with E-state index in [9.17, 15) is 0 Å². The maximum Gasteiger partial charge on any atom is 0.193 e. The van der Waals surface area contributed by atoms with Crippen LogP contribution < -0.4 is 5.32 Å². The van der Waals surface area contributed by atoms with Gasteiger partial charge in [0, 0.05) is 26.7 Å². The van der Waals surface area contributed by atoms with Crippen LogP contribution in [-0.4, -0.2) is 37.5 Å². The number of aliphatic imine (C=N–C) groups is 1. The summed E-state index contributed by atoms with van der Waals surface area (Å²) in [4.78, 5) is 6.77. The molecule has 2 atom stereocenters. The van der Waals surface area contributed by atoms with E-state index in [-0.39, 0.29) is 24.0 Å². The van der Waals surface area contributed by atoms with Gasteiger partial charge in [-0.3, -0.25) is 4.99 Å². The minimum absolute atomic E-state index is 0. The summed E-state index contributed by atoms with van der Waals surface area (Å²) in [5.41, 5.74) is 0. The van der Waals surface area contributed by atoms with E-state index >= 15 is 0 Å². The van der Waals surface area contributed by atoms with Crippen LogP contribution in [0.4, 0.5) is 0 Å². The highest BCUT2D eigenvalue weighted by atomic mass is 127. The molecule has 0 aromatic carbocycles. The molecule has 17 heavy (non-hydrogen) atoms. The fraction of sp³-hybridized carbons (Fsp3) is 0.769. The van der Waals surface area contributed by atoms with Gasteiger partial charge >= 0.3 is 0 Å². The SMILES string of the molecule is C=CCNC(=NC)N1CC2CCCCC2C1.I. The molecule has 0 radical (unpaired) electrons. The predicted molar refractivity (Wildman–Crippen MR) is 84.0 cm³/mol. The van der Waals surface area contributed by atoms with Gasteiger partial charge in [-0.25, -0.2) is 0 Å². The molecule has 1 saturated heterocycles. The van der Waals surface area contributed by atoms with Crippen LogP contribution in [-0.2, 0) is 0 Å². The van der Waals surface area contributed by atoms with Crippen LogP contribution in [0, 0.1) is 11.8 Å². The fourth-order valence-electron chi connectivity index (χ4n) is 3.07. The minimum Gasteiger partial charge on any atom is -0.353 e. The lowest BCUT2D eigenvalue weighted by atomic mass is 9.82. The van der Waals surface area contributed by atoms with E-state index < -0.39 is 0 Å². The fourth-order valence-corrected chi connectivity index (χ4v) is 3.07. The summed E-state index contributed by atoms with van der Waals surface area (Å²) in [7, 11) is 1.87. The molecule has 3 nitrogen and oxygen atoms in total. The quantitative estimate of drug-likeness (QED) is 0.359. The molecule has 4 heteroatoms. The van der Waals surface area contributed by atoms with Gasteiger partial charge in [0.25, 0.3) is 0 Å². The molecule has 0 aromatic rings. The summed E-state index contributed by atoms with van der Waals surface area (Å²) in [5.74, 6) is 2.88. The minimum atomic E-state index is 0. The van der Waals surface area contributed by atoms with Crippen molar-refractivity contribution in [2.45, 2.75) is 25.7 Å². The zero-order valence-electron chi connectivity index (χ0n) is 10.7. The maximum absolute atomic E-state index is 4.35. The average Bonchev–Trinajstić information content (AvgIpc) is 2.73. The molecule has 2 unspecified atom stereocenters. The number of nitrogens with one attached hydrogen (secondary N) is 1. The number of rotatable bonds is 2. The number of halogens is 1. The molecule has 1 aliphatic heterocycles. The lowest BCUT2D eigenvalue weighted by Crippen LogP contribution is -2.40. The van der Waals surface area contributed by atoms with Crippen LogP contribution >= 0.6 is 24.0 Å². The van der Waals surface area contributed by atoms with Gasteiger partial charge < -0.3 is 10.2 Å². The van der Waals surface area contributed by atoms with Crippen LogP contribution in [0.1, 0.15) is 25.7 Å². The molecule has 0 aromatic heterocycles. The molecular weight excluding hydrogens is 325 g/mol. The number of hydrogen-bond acceptors (Lipinski definition) is 1. The van der Waals surface area contributed by atoms with Crippen molar-refractivity contribution in [2.24, 2.45) is 16.8 Å². The number of likely N-dealkylation sites (tertiary alicyclic amines) is 1. The molecule has 0 bridgehead atoms. The lowest BCUT2D eigenvalue weighted by Gasteiger charge is -2.22. The Balaban J connectivity index is 0.00000144. The average molecular weight is 349 g/mol. The Hall–Kier alpha value is -0.260. The highest BCUT2D eigenvalue weighted by molar-refractivity contribution is 14.0. The number of guanidine groups is 1. The van der Waals surface area contributed by atoms with Crippen molar-refractivity contribution >= 4 is 29.9 Å². The van der Waals surface area contributed by atoms with Gasteiger partial charge in [-0.15, -0.1) is 30.6 Å². The molecular formula is C13H24IN3. The predicted octanol–water partition coefficient (Wildman–Crippen LogP) is 2.49. The summed E-state index contributed by atoms with van der Waals surface area (Å²) in [6.07, 6.45) is 7.56. The van der Waals surface area contributed by atoms with E-state index in [1.165, 1.54) is 38.8 Å². The highest BCUT2D eigenvalue weighted by Crippen LogP contribution is 2.35. The number of nitrogens with zero attached hydrogens (tertiary/aromatic N) is 2. The topological polar surface area (TPSA) is 27.6 Å². The lowest BCUT2D eigenvalue weighted by molar-refractivity contribution is 0.299. The first kappa shape index (κ1) is 14.8. The first-order valence-electron chi connectivity index (χ1n) is 6.41. The van der Waals surface area contributed by atoms with E-state index in [2.05, 4.69) is 21.8 Å². The summed E-state index contributed by atoms with van der Waals surface area (Å²) in [6.45, 7) is 6.93. The zero-order valence-corrected chi connectivity index (χ0v) is 13.0. The van der Waals surface area contributed by atoms with E-state index in [0.717, 1.165) is 24.3 Å². The molecule has 1 aliphatic carbocycles. The van der Waals surface area contributed by atoms with Gasteiger partial charge in [-0.1, -0.05) is 18.9 Å². The third-order valence-corrected chi connectivity index (χ3v) is 3.89. The van der Waals surface area contributed by atoms with Crippen molar-refractivity contribution in [3.8, 4) is 0 Å². The standard InChI is InChI=1S/C13H23N3.HI/c1-3-8-15-13(14-2)16-9-11-6-4-5-7-12(11)10-16;/h3,11-12H,1,4-10H2,2H3,(H,14,15);1H. The summed E-state index contributed by atoms with van der Waals surface area (Å²) >= 11 is 0. The van der Waals surface area contributed by atoms with Crippen molar-refractivity contribution in [3.63, 3.8) is 0 Å². The normalized spacial score (nSPS) is 28.3. The molecule has 1 heterocycles. The second-order valence-electron chi connectivity index (χ2n) is 4.93. The molecule has 98 valence electrons. The van der Waals surface area contributed by atoms with Crippen LogP contribution in [0.25, 0.3) is 0 Å². The van der Waals surface area contributed by atoms with Crippen LogP contribution in [0.5, 0.6) is 0 Å². The first-order chi connectivity index (χ1) is 7.85. The molecule has 1 saturated carbocycles. The van der Waals surface area contributed by atoms with Gasteiger partial charge in [0.15, 0.2) is 5.96 Å². The largest absolute Gasteiger partial charge is 0.353 e. The van der Waals surface area contributed by atoms with E-state index in [1.54, 1.807) is 0 Å². The molecule has 0 amide bonds. The first-order valence-corrected chi connectivity index (χ1v) is 6.41. The van der Waals surface area contributed by atoms with E-state index in [4.69, 9.17) is 0 Å².